The predicted molar refractivity (Wildman–Crippen MR) is 109 cm³/mol. The van der Waals surface area contributed by atoms with Crippen molar-refractivity contribution < 1.29 is 23.8 Å². The maximum absolute atomic E-state index is 14.3. The van der Waals surface area contributed by atoms with Gasteiger partial charge in [-0.3, -0.25) is 9.48 Å². The smallest absolute Gasteiger partial charge is 0.410 e. The van der Waals surface area contributed by atoms with Crippen LogP contribution >= 0.6 is 0 Å². The van der Waals surface area contributed by atoms with Crippen LogP contribution in [-0.2, 0) is 22.5 Å². The number of carboxylic acids is 1. The number of carboxylic acid groups (broad SMARTS) is 1. The van der Waals surface area contributed by atoms with Crippen LogP contribution in [0, 0.1) is 11.7 Å². The number of piperidine rings is 1. The summed E-state index contributed by atoms with van der Waals surface area (Å²) in [6, 6.07) is 6.02. The number of carbonyl (C=O) groups excluding carboxylic acids is 1. The van der Waals surface area contributed by atoms with Crippen molar-refractivity contribution in [1.29, 1.82) is 0 Å². The van der Waals surface area contributed by atoms with Gasteiger partial charge in [-0.1, -0.05) is 6.07 Å². The number of likely N-dealkylation sites (tertiary alicyclic amines) is 1. The SMILES string of the molecule is CC(C)(C)OC(=O)N1CCC(Cn2ccc(-c3cc(CC(=O)O)ccc3F)n2)CC1. The number of ether oxygens (including phenoxy) is 1. The van der Waals surface area contributed by atoms with Crippen LogP contribution in [0.3, 0.4) is 0 Å². The average Bonchev–Trinajstić information content (AvgIpc) is 3.10. The number of aliphatic carboxylic acids is 1. The maximum Gasteiger partial charge on any atom is 0.410 e. The number of carbonyl (C=O) groups is 2. The Morgan fingerprint density at radius 2 is 1.93 bits per heavy atom. The highest BCUT2D eigenvalue weighted by Gasteiger charge is 2.27. The molecule has 0 aliphatic carbocycles. The van der Waals surface area contributed by atoms with Gasteiger partial charge < -0.3 is 14.7 Å². The number of rotatable bonds is 5. The Bertz CT molecular complexity index is 911. The van der Waals surface area contributed by atoms with E-state index in [0.717, 1.165) is 12.8 Å². The van der Waals surface area contributed by atoms with Crippen molar-refractivity contribution in [2.45, 2.75) is 52.2 Å². The number of amides is 1. The molecule has 0 unspecified atom stereocenters. The van der Waals surface area contributed by atoms with E-state index in [0.29, 0.717) is 42.4 Å². The molecular weight excluding hydrogens is 389 g/mol. The Labute approximate surface area is 175 Å². The minimum absolute atomic E-state index is 0.162. The number of hydrogen-bond acceptors (Lipinski definition) is 4. The van der Waals surface area contributed by atoms with E-state index >= 15 is 0 Å². The molecule has 1 saturated heterocycles. The average molecular weight is 417 g/mol. The second kappa shape index (κ2) is 8.85. The molecule has 1 N–H and O–H groups in total. The topological polar surface area (TPSA) is 84.7 Å². The molecule has 30 heavy (non-hydrogen) atoms. The summed E-state index contributed by atoms with van der Waals surface area (Å²) in [5.74, 6) is -1.03. The molecule has 8 heteroatoms. The van der Waals surface area contributed by atoms with Gasteiger partial charge in [-0.2, -0.15) is 5.10 Å². The molecule has 1 fully saturated rings. The number of aromatic nitrogens is 2. The summed E-state index contributed by atoms with van der Waals surface area (Å²) in [6.45, 7) is 7.52. The summed E-state index contributed by atoms with van der Waals surface area (Å²) in [4.78, 5) is 24.8. The molecule has 0 radical (unpaired) electrons. The third-order valence-electron chi connectivity index (χ3n) is 5.01. The van der Waals surface area contributed by atoms with Gasteiger partial charge in [0.25, 0.3) is 0 Å². The molecule has 3 rings (SSSR count). The minimum Gasteiger partial charge on any atom is -0.481 e. The Hall–Kier alpha value is -2.90. The summed E-state index contributed by atoms with van der Waals surface area (Å²) >= 11 is 0. The van der Waals surface area contributed by atoms with Crippen LogP contribution in [-0.4, -0.2) is 50.5 Å². The number of nitrogens with zero attached hydrogens (tertiary/aromatic N) is 3. The summed E-state index contributed by atoms with van der Waals surface area (Å²) in [5, 5.41) is 13.4. The van der Waals surface area contributed by atoms with Crippen molar-refractivity contribution in [3.63, 3.8) is 0 Å². The van der Waals surface area contributed by atoms with Crippen LogP contribution in [0.5, 0.6) is 0 Å². The Balaban J connectivity index is 1.59. The minimum atomic E-state index is -0.962. The first-order valence-electron chi connectivity index (χ1n) is 10.1. The van der Waals surface area contributed by atoms with Gasteiger partial charge in [0.15, 0.2) is 0 Å². The fourth-order valence-electron chi connectivity index (χ4n) is 3.55. The van der Waals surface area contributed by atoms with Crippen LogP contribution in [0.15, 0.2) is 30.5 Å². The lowest BCUT2D eigenvalue weighted by atomic mass is 9.97. The van der Waals surface area contributed by atoms with Crippen molar-refractivity contribution in [3.05, 3.63) is 41.8 Å². The predicted octanol–water partition coefficient (Wildman–Crippen LogP) is 3.96. The van der Waals surface area contributed by atoms with Gasteiger partial charge in [-0.15, -0.1) is 0 Å². The second-order valence-electron chi connectivity index (χ2n) is 8.72. The summed E-state index contributed by atoms with van der Waals surface area (Å²) in [7, 11) is 0. The largest absolute Gasteiger partial charge is 0.481 e. The Morgan fingerprint density at radius 1 is 1.23 bits per heavy atom. The highest BCUT2D eigenvalue weighted by atomic mass is 19.1. The van der Waals surface area contributed by atoms with E-state index in [1.54, 1.807) is 21.8 Å². The Morgan fingerprint density at radius 3 is 2.57 bits per heavy atom. The molecule has 1 aliphatic heterocycles. The lowest BCUT2D eigenvalue weighted by molar-refractivity contribution is -0.136. The van der Waals surface area contributed by atoms with Crippen molar-refractivity contribution in [2.24, 2.45) is 5.92 Å². The molecule has 0 spiro atoms. The monoisotopic (exact) mass is 417 g/mol. The molecule has 0 atom stereocenters. The van der Waals surface area contributed by atoms with E-state index in [2.05, 4.69) is 5.10 Å². The fraction of sp³-hybridized carbons (Fsp3) is 0.500. The quantitative estimate of drug-likeness (QED) is 0.796. The highest BCUT2D eigenvalue weighted by Crippen LogP contribution is 2.25. The molecule has 7 nitrogen and oxygen atoms in total. The first kappa shape index (κ1) is 21.8. The number of hydrogen-bond donors (Lipinski definition) is 1. The second-order valence-corrected chi connectivity index (χ2v) is 8.72. The van der Waals surface area contributed by atoms with Gasteiger partial charge in [-0.05, 0) is 63.3 Å². The van der Waals surface area contributed by atoms with Gasteiger partial charge in [0.05, 0.1) is 12.1 Å². The third kappa shape index (κ3) is 5.81. The molecule has 162 valence electrons. The van der Waals surface area contributed by atoms with Gasteiger partial charge in [0.1, 0.15) is 11.4 Å². The summed E-state index contributed by atoms with van der Waals surface area (Å²) < 4.78 is 21.5. The van der Waals surface area contributed by atoms with Crippen LogP contribution in [0.4, 0.5) is 9.18 Å². The standard InChI is InChI=1S/C22H28FN3O4/c1-22(2,3)30-21(29)25-9-6-15(7-10-25)14-26-11-8-19(24-26)17-12-16(13-20(27)28)4-5-18(17)23/h4-5,8,11-12,15H,6-7,9-10,13-14H2,1-3H3,(H,27,28). The number of halogens is 1. The van der Waals surface area contributed by atoms with E-state index in [-0.39, 0.29) is 12.5 Å². The summed E-state index contributed by atoms with van der Waals surface area (Å²) in [6.07, 6.45) is 3.05. The van der Waals surface area contributed by atoms with Crippen LogP contribution in [0.25, 0.3) is 11.3 Å². The molecule has 1 aromatic heterocycles. The van der Waals surface area contributed by atoms with Crippen LogP contribution in [0.1, 0.15) is 39.2 Å². The van der Waals surface area contributed by atoms with Gasteiger partial charge >= 0.3 is 12.1 Å². The molecule has 0 bridgehead atoms. The van der Waals surface area contributed by atoms with Gasteiger partial charge in [-0.25, -0.2) is 9.18 Å². The van der Waals surface area contributed by atoms with E-state index in [9.17, 15) is 14.0 Å². The normalized spacial score (nSPS) is 15.3. The zero-order valence-electron chi connectivity index (χ0n) is 17.6. The van der Waals surface area contributed by atoms with Crippen molar-refractivity contribution >= 4 is 12.1 Å². The first-order valence-corrected chi connectivity index (χ1v) is 10.1. The van der Waals surface area contributed by atoms with E-state index < -0.39 is 17.4 Å². The molecule has 0 saturated carbocycles. The third-order valence-corrected chi connectivity index (χ3v) is 5.01. The zero-order chi connectivity index (χ0) is 21.9. The Kier molecular flexibility index (Phi) is 6.43. The van der Waals surface area contributed by atoms with Crippen LogP contribution in [0.2, 0.25) is 0 Å². The van der Waals surface area contributed by atoms with Gasteiger partial charge in [0.2, 0.25) is 0 Å². The fourth-order valence-corrected chi connectivity index (χ4v) is 3.55. The molecule has 1 aliphatic rings. The number of benzene rings is 1. The zero-order valence-corrected chi connectivity index (χ0v) is 17.6. The van der Waals surface area contributed by atoms with Crippen molar-refractivity contribution in [2.75, 3.05) is 13.1 Å². The lowest BCUT2D eigenvalue weighted by Crippen LogP contribution is -2.42. The highest BCUT2D eigenvalue weighted by molar-refractivity contribution is 5.71. The van der Waals surface area contributed by atoms with Crippen molar-refractivity contribution in [3.8, 4) is 11.3 Å². The van der Waals surface area contributed by atoms with Crippen molar-refractivity contribution in [1.82, 2.24) is 14.7 Å². The molecule has 2 aromatic rings. The van der Waals surface area contributed by atoms with Crippen LogP contribution < -0.4 is 0 Å². The van der Waals surface area contributed by atoms with E-state index in [1.807, 2.05) is 20.8 Å². The maximum atomic E-state index is 14.3. The summed E-state index contributed by atoms with van der Waals surface area (Å²) in [5.41, 5.74) is 0.803. The molecule has 1 aromatic carbocycles. The first-order chi connectivity index (χ1) is 14.1. The van der Waals surface area contributed by atoms with Gasteiger partial charge in [0, 0.05) is 31.4 Å². The van der Waals surface area contributed by atoms with E-state index in [4.69, 9.17) is 9.84 Å². The molecule has 1 amide bonds. The lowest BCUT2D eigenvalue weighted by Gasteiger charge is -2.33. The molecular formula is C22H28FN3O4. The van der Waals surface area contributed by atoms with E-state index in [1.165, 1.54) is 18.2 Å². The molecule has 2 heterocycles.